The lowest BCUT2D eigenvalue weighted by atomic mass is 9.95. The predicted molar refractivity (Wildman–Crippen MR) is 63.8 cm³/mol. The van der Waals surface area contributed by atoms with E-state index in [4.69, 9.17) is 10.5 Å². The molecule has 4 heteroatoms. The molecule has 4 nitrogen and oxygen atoms in total. The number of methoxy groups -OCH3 is 1. The molecule has 92 valence electrons. The maximum Gasteiger partial charge on any atom is 0.119 e. The van der Waals surface area contributed by atoms with Gasteiger partial charge >= 0.3 is 0 Å². The van der Waals surface area contributed by atoms with Crippen LogP contribution in [0.2, 0.25) is 0 Å². The van der Waals surface area contributed by atoms with Gasteiger partial charge in [-0.2, -0.15) is 5.26 Å². The molecule has 2 N–H and O–H groups in total. The molecule has 0 heterocycles. The van der Waals surface area contributed by atoms with Crippen molar-refractivity contribution in [1.29, 1.82) is 5.26 Å². The summed E-state index contributed by atoms with van der Waals surface area (Å²) >= 11 is 0. The Balaban J connectivity index is 2.55. The Morgan fingerprint density at radius 3 is 2.56 bits per heavy atom. The number of hydrogen-bond donors (Lipinski definition) is 1. The molecule has 1 rings (SSSR count). The van der Waals surface area contributed by atoms with Gasteiger partial charge in [-0.05, 0) is 32.6 Å². The van der Waals surface area contributed by atoms with E-state index in [1.54, 1.807) is 7.11 Å². The molecule has 1 aliphatic carbocycles. The highest BCUT2D eigenvalue weighted by atomic mass is 16.5. The number of hydrogen-bond acceptors (Lipinski definition) is 4. The molecule has 0 aromatic carbocycles. The van der Waals surface area contributed by atoms with E-state index in [9.17, 15) is 5.26 Å². The number of nitrogens with zero attached hydrogens (tertiary/aromatic N) is 2. The van der Waals surface area contributed by atoms with Crippen LogP contribution in [0.1, 0.15) is 26.7 Å². The van der Waals surface area contributed by atoms with E-state index < -0.39 is 5.54 Å². The predicted octanol–water partition coefficient (Wildman–Crippen LogP) is 0.974. The summed E-state index contributed by atoms with van der Waals surface area (Å²) in [6, 6.07) is 2.69. The van der Waals surface area contributed by atoms with Crippen molar-refractivity contribution in [2.24, 2.45) is 11.7 Å². The third-order valence-electron chi connectivity index (χ3n) is 3.29. The fourth-order valence-corrected chi connectivity index (χ4v) is 1.92. The standard InChI is InChI=1S/C12H23N3O/c1-10(2)15(6-7-16-3)9-12(14,8-13)11-4-5-11/h10-11H,4-7,9,14H2,1-3H3. The molecule has 0 radical (unpaired) electrons. The molecule has 0 aromatic heterocycles. The molecule has 0 spiro atoms. The van der Waals surface area contributed by atoms with Crippen LogP contribution in [0.3, 0.4) is 0 Å². The molecule has 1 atom stereocenters. The average Bonchev–Trinajstić information content (AvgIpc) is 3.07. The maximum absolute atomic E-state index is 9.22. The van der Waals surface area contributed by atoms with Gasteiger partial charge in [0.2, 0.25) is 0 Å². The largest absolute Gasteiger partial charge is 0.383 e. The summed E-state index contributed by atoms with van der Waals surface area (Å²) in [5.41, 5.74) is 5.50. The van der Waals surface area contributed by atoms with E-state index in [1.807, 2.05) is 0 Å². The van der Waals surface area contributed by atoms with Crippen LogP contribution in [-0.4, -0.2) is 43.3 Å². The van der Waals surface area contributed by atoms with Crippen LogP contribution in [0.5, 0.6) is 0 Å². The highest BCUT2D eigenvalue weighted by molar-refractivity contribution is 5.14. The quantitative estimate of drug-likeness (QED) is 0.701. The first-order chi connectivity index (χ1) is 7.53. The van der Waals surface area contributed by atoms with E-state index in [2.05, 4.69) is 24.8 Å². The second-order valence-corrected chi connectivity index (χ2v) is 4.98. The van der Waals surface area contributed by atoms with Crippen molar-refractivity contribution in [2.75, 3.05) is 26.8 Å². The molecule has 1 aliphatic rings. The van der Waals surface area contributed by atoms with E-state index >= 15 is 0 Å². The van der Waals surface area contributed by atoms with Crippen LogP contribution in [0.4, 0.5) is 0 Å². The van der Waals surface area contributed by atoms with Crippen LogP contribution in [0.15, 0.2) is 0 Å². The number of nitriles is 1. The van der Waals surface area contributed by atoms with Gasteiger partial charge in [-0.1, -0.05) is 0 Å². The fourth-order valence-electron chi connectivity index (χ4n) is 1.92. The zero-order valence-electron chi connectivity index (χ0n) is 10.6. The molecule has 0 bridgehead atoms. The highest BCUT2D eigenvalue weighted by Crippen LogP contribution is 2.38. The van der Waals surface area contributed by atoms with Gasteiger partial charge < -0.3 is 10.5 Å². The van der Waals surface area contributed by atoms with Crippen molar-refractivity contribution >= 4 is 0 Å². The van der Waals surface area contributed by atoms with Gasteiger partial charge in [0, 0.05) is 26.2 Å². The first kappa shape index (κ1) is 13.4. The van der Waals surface area contributed by atoms with E-state index in [0.717, 1.165) is 19.4 Å². The smallest absolute Gasteiger partial charge is 0.119 e. The number of rotatable bonds is 7. The number of ether oxygens (including phenoxy) is 1. The van der Waals surface area contributed by atoms with Crippen LogP contribution in [-0.2, 0) is 4.74 Å². The van der Waals surface area contributed by atoms with Gasteiger partial charge in [0.05, 0.1) is 12.7 Å². The van der Waals surface area contributed by atoms with Crippen LogP contribution in [0, 0.1) is 17.2 Å². The van der Waals surface area contributed by atoms with Crippen molar-refractivity contribution in [3.8, 4) is 6.07 Å². The Labute approximate surface area is 98.4 Å². The van der Waals surface area contributed by atoms with Crippen molar-refractivity contribution in [3.05, 3.63) is 0 Å². The first-order valence-electron chi connectivity index (χ1n) is 5.96. The third-order valence-corrected chi connectivity index (χ3v) is 3.29. The lowest BCUT2D eigenvalue weighted by molar-refractivity contribution is 0.114. The van der Waals surface area contributed by atoms with E-state index in [1.165, 1.54) is 0 Å². The summed E-state index contributed by atoms with van der Waals surface area (Å²) < 4.78 is 5.08. The molecule has 1 fully saturated rings. The van der Waals surface area contributed by atoms with E-state index in [0.29, 0.717) is 25.1 Å². The van der Waals surface area contributed by atoms with Gasteiger partial charge in [-0.15, -0.1) is 0 Å². The fraction of sp³-hybridized carbons (Fsp3) is 0.917. The normalized spacial score (nSPS) is 19.8. The van der Waals surface area contributed by atoms with E-state index in [-0.39, 0.29) is 0 Å². The van der Waals surface area contributed by atoms with Gasteiger partial charge in [-0.25, -0.2) is 0 Å². The van der Waals surface area contributed by atoms with Gasteiger partial charge in [0.25, 0.3) is 0 Å². The van der Waals surface area contributed by atoms with Crippen LogP contribution in [0.25, 0.3) is 0 Å². The lowest BCUT2D eigenvalue weighted by Gasteiger charge is -2.33. The second-order valence-electron chi connectivity index (χ2n) is 4.98. The Kier molecular flexibility index (Phi) is 4.72. The minimum Gasteiger partial charge on any atom is -0.383 e. The third kappa shape index (κ3) is 3.44. The summed E-state index contributed by atoms with van der Waals surface area (Å²) in [5.74, 6) is 0.390. The van der Waals surface area contributed by atoms with Crippen molar-refractivity contribution in [1.82, 2.24) is 4.90 Å². The monoisotopic (exact) mass is 225 g/mol. The van der Waals surface area contributed by atoms with Gasteiger partial charge in [-0.3, -0.25) is 4.90 Å². The molecular weight excluding hydrogens is 202 g/mol. The van der Waals surface area contributed by atoms with Crippen molar-refractivity contribution in [3.63, 3.8) is 0 Å². The van der Waals surface area contributed by atoms with Gasteiger partial charge in [0.1, 0.15) is 5.54 Å². The Morgan fingerprint density at radius 1 is 1.56 bits per heavy atom. The second kappa shape index (κ2) is 5.62. The summed E-state index contributed by atoms with van der Waals surface area (Å²) in [6.45, 7) is 6.42. The average molecular weight is 225 g/mol. The molecule has 1 saturated carbocycles. The molecular formula is C12H23N3O. The topological polar surface area (TPSA) is 62.3 Å². The summed E-state index contributed by atoms with van der Waals surface area (Å²) in [4.78, 5) is 2.23. The van der Waals surface area contributed by atoms with Gasteiger partial charge in [0.15, 0.2) is 0 Å². The highest BCUT2D eigenvalue weighted by Gasteiger charge is 2.43. The lowest BCUT2D eigenvalue weighted by Crippen LogP contribution is -2.53. The van der Waals surface area contributed by atoms with Crippen molar-refractivity contribution in [2.45, 2.75) is 38.3 Å². The minimum absolute atomic E-state index is 0.390. The Hall–Kier alpha value is -0.630. The Morgan fingerprint density at radius 2 is 2.19 bits per heavy atom. The van der Waals surface area contributed by atoms with Crippen molar-refractivity contribution < 1.29 is 4.74 Å². The molecule has 0 saturated heterocycles. The summed E-state index contributed by atoms with van der Waals surface area (Å²) in [7, 11) is 1.69. The first-order valence-corrected chi connectivity index (χ1v) is 5.96. The summed E-state index contributed by atoms with van der Waals surface area (Å²) in [5, 5.41) is 9.22. The zero-order chi connectivity index (χ0) is 12.2. The summed E-state index contributed by atoms with van der Waals surface area (Å²) in [6.07, 6.45) is 2.19. The molecule has 0 aliphatic heterocycles. The minimum atomic E-state index is -0.669. The zero-order valence-corrected chi connectivity index (χ0v) is 10.6. The number of nitrogens with two attached hydrogens (primary N) is 1. The molecule has 0 aromatic rings. The molecule has 1 unspecified atom stereocenters. The molecule has 16 heavy (non-hydrogen) atoms. The molecule has 0 amide bonds. The van der Waals surface area contributed by atoms with Crippen LogP contribution >= 0.6 is 0 Å². The SMILES string of the molecule is COCCN(CC(N)(C#N)C1CC1)C(C)C. The van der Waals surface area contributed by atoms with Crippen LogP contribution < -0.4 is 5.73 Å². The maximum atomic E-state index is 9.22. The Bertz CT molecular complexity index is 257.